The maximum Gasteiger partial charge on any atom is 0.164 e. The first kappa shape index (κ1) is 16.1. The first-order chi connectivity index (χ1) is 10.2. The summed E-state index contributed by atoms with van der Waals surface area (Å²) in [5.74, 6) is 1.76. The summed E-state index contributed by atoms with van der Waals surface area (Å²) in [6.45, 7) is 8.59. The third-order valence-corrected chi connectivity index (χ3v) is 4.09. The van der Waals surface area contributed by atoms with Crippen LogP contribution in [0, 0.1) is 0 Å². The number of piperazine rings is 1. The number of para-hydroxylation sites is 1. The van der Waals surface area contributed by atoms with Crippen molar-refractivity contribution in [2.24, 2.45) is 0 Å². The molecule has 1 aliphatic heterocycles. The predicted octanol–water partition coefficient (Wildman–Crippen LogP) is 2.27. The lowest BCUT2D eigenvalue weighted by Gasteiger charge is -2.32. The fraction of sp³-hybridized carbons (Fsp3) is 0.647. The minimum absolute atomic E-state index is 0.672. The minimum Gasteiger partial charge on any atom is -0.493 e. The highest BCUT2D eigenvalue weighted by Gasteiger charge is 2.14. The molecule has 0 saturated carbocycles. The van der Waals surface area contributed by atoms with Crippen molar-refractivity contribution in [3.8, 4) is 11.5 Å². The highest BCUT2D eigenvalue weighted by atomic mass is 16.5. The average Bonchev–Trinajstić information content (AvgIpc) is 2.51. The maximum absolute atomic E-state index is 5.77. The van der Waals surface area contributed by atoms with Crippen molar-refractivity contribution in [1.82, 2.24) is 9.80 Å². The van der Waals surface area contributed by atoms with Crippen molar-refractivity contribution in [3.05, 3.63) is 23.8 Å². The van der Waals surface area contributed by atoms with E-state index in [9.17, 15) is 0 Å². The smallest absolute Gasteiger partial charge is 0.164 e. The van der Waals surface area contributed by atoms with E-state index in [0.29, 0.717) is 6.61 Å². The first-order valence-corrected chi connectivity index (χ1v) is 7.94. The Morgan fingerprint density at radius 1 is 1.14 bits per heavy atom. The molecular formula is C17H28N2O2. The molecule has 1 heterocycles. The average molecular weight is 292 g/mol. The largest absolute Gasteiger partial charge is 0.493 e. The summed E-state index contributed by atoms with van der Waals surface area (Å²) in [6.07, 6.45) is 2.20. The van der Waals surface area contributed by atoms with Gasteiger partial charge in [0.2, 0.25) is 0 Å². The summed E-state index contributed by atoms with van der Waals surface area (Å²) < 4.78 is 11.2. The zero-order valence-electron chi connectivity index (χ0n) is 13.6. The van der Waals surface area contributed by atoms with E-state index in [1.54, 1.807) is 7.11 Å². The van der Waals surface area contributed by atoms with Gasteiger partial charge in [0.15, 0.2) is 11.5 Å². The third-order valence-electron chi connectivity index (χ3n) is 4.09. The number of ether oxygens (including phenoxy) is 2. The molecule has 2 rings (SSSR count). The molecule has 1 fully saturated rings. The summed E-state index contributed by atoms with van der Waals surface area (Å²) >= 11 is 0. The molecule has 0 spiro atoms. The number of aryl methyl sites for hydroxylation is 1. The van der Waals surface area contributed by atoms with Gasteiger partial charge in [0, 0.05) is 26.2 Å². The van der Waals surface area contributed by atoms with E-state index >= 15 is 0 Å². The molecule has 0 amide bonds. The second kappa shape index (κ2) is 8.25. The summed E-state index contributed by atoms with van der Waals surface area (Å²) in [5.41, 5.74) is 1.25. The Kier molecular flexibility index (Phi) is 6.33. The lowest BCUT2D eigenvalue weighted by Crippen LogP contribution is -2.44. The van der Waals surface area contributed by atoms with Gasteiger partial charge in [-0.25, -0.2) is 0 Å². The number of hydrogen-bond acceptors (Lipinski definition) is 4. The van der Waals surface area contributed by atoms with E-state index in [-0.39, 0.29) is 0 Å². The van der Waals surface area contributed by atoms with Crippen molar-refractivity contribution < 1.29 is 9.47 Å². The van der Waals surface area contributed by atoms with Crippen LogP contribution in [0.25, 0.3) is 0 Å². The number of rotatable bonds is 7. The van der Waals surface area contributed by atoms with Crippen LogP contribution in [0.1, 0.15) is 18.9 Å². The molecule has 118 valence electrons. The van der Waals surface area contributed by atoms with Gasteiger partial charge in [-0.15, -0.1) is 0 Å². The van der Waals surface area contributed by atoms with Gasteiger partial charge in [0.05, 0.1) is 13.7 Å². The van der Waals surface area contributed by atoms with Crippen LogP contribution in [-0.4, -0.2) is 63.3 Å². The summed E-state index contributed by atoms with van der Waals surface area (Å²) in [7, 11) is 3.90. The van der Waals surface area contributed by atoms with Crippen molar-refractivity contribution in [3.63, 3.8) is 0 Å². The SMILES string of the molecule is CCOc1c(CCCN2CCN(C)CC2)cccc1OC. The van der Waals surface area contributed by atoms with Crippen LogP contribution < -0.4 is 9.47 Å². The second-order valence-corrected chi connectivity index (χ2v) is 5.63. The summed E-state index contributed by atoms with van der Waals surface area (Å²) in [5, 5.41) is 0. The fourth-order valence-electron chi connectivity index (χ4n) is 2.79. The molecule has 1 aromatic carbocycles. The predicted molar refractivity (Wildman–Crippen MR) is 86.4 cm³/mol. The van der Waals surface area contributed by atoms with Crippen LogP contribution in [-0.2, 0) is 6.42 Å². The Morgan fingerprint density at radius 3 is 2.57 bits per heavy atom. The summed E-state index contributed by atoms with van der Waals surface area (Å²) in [6, 6.07) is 6.17. The van der Waals surface area contributed by atoms with E-state index < -0.39 is 0 Å². The molecule has 0 atom stereocenters. The zero-order valence-corrected chi connectivity index (χ0v) is 13.6. The number of hydrogen-bond donors (Lipinski definition) is 0. The molecule has 0 radical (unpaired) electrons. The van der Waals surface area contributed by atoms with Gasteiger partial charge >= 0.3 is 0 Å². The highest BCUT2D eigenvalue weighted by molar-refractivity contribution is 5.46. The molecule has 21 heavy (non-hydrogen) atoms. The first-order valence-electron chi connectivity index (χ1n) is 7.94. The van der Waals surface area contributed by atoms with E-state index in [1.165, 1.54) is 31.7 Å². The highest BCUT2D eigenvalue weighted by Crippen LogP contribution is 2.31. The van der Waals surface area contributed by atoms with E-state index in [1.807, 2.05) is 19.1 Å². The van der Waals surface area contributed by atoms with Crippen molar-refractivity contribution in [2.75, 3.05) is 53.5 Å². The molecule has 0 unspecified atom stereocenters. The summed E-state index contributed by atoms with van der Waals surface area (Å²) in [4.78, 5) is 4.95. The number of nitrogens with zero attached hydrogens (tertiary/aromatic N) is 2. The van der Waals surface area contributed by atoms with Gasteiger partial charge in [-0.1, -0.05) is 12.1 Å². The molecule has 0 aromatic heterocycles. The van der Waals surface area contributed by atoms with Crippen LogP contribution in [0.4, 0.5) is 0 Å². The number of likely N-dealkylation sites (N-methyl/N-ethyl adjacent to an activating group) is 1. The molecule has 1 aliphatic rings. The molecule has 1 aromatic rings. The normalized spacial score (nSPS) is 16.9. The molecule has 4 nitrogen and oxygen atoms in total. The Bertz CT molecular complexity index is 429. The van der Waals surface area contributed by atoms with Gasteiger partial charge in [0.1, 0.15) is 0 Å². The van der Waals surface area contributed by atoms with Gasteiger partial charge in [-0.2, -0.15) is 0 Å². The Balaban J connectivity index is 1.87. The standard InChI is InChI=1S/C17H28N2O2/c1-4-21-17-15(7-5-9-16(17)20-3)8-6-10-19-13-11-18(2)12-14-19/h5,7,9H,4,6,8,10-14H2,1-3H3. The fourth-order valence-corrected chi connectivity index (χ4v) is 2.79. The van der Waals surface area contributed by atoms with E-state index in [4.69, 9.17) is 9.47 Å². The topological polar surface area (TPSA) is 24.9 Å². The number of methoxy groups -OCH3 is 1. The van der Waals surface area contributed by atoms with Crippen LogP contribution in [0.15, 0.2) is 18.2 Å². The van der Waals surface area contributed by atoms with Crippen LogP contribution >= 0.6 is 0 Å². The van der Waals surface area contributed by atoms with Crippen molar-refractivity contribution >= 4 is 0 Å². The van der Waals surface area contributed by atoms with E-state index in [2.05, 4.69) is 22.9 Å². The minimum atomic E-state index is 0.672. The van der Waals surface area contributed by atoms with Crippen molar-refractivity contribution in [1.29, 1.82) is 0 Å². The third kappa shape index (κ3) is 4.61. The van der Waals surface area contributed by atoms with Crippen LogP contribution in [0.3, 0.4) is 0 Å². The molecule has 0 N–H and O–H groups in total. The Morgan fingerprint density at radius 2 is 1.90 bits per heavy atom. The maximum atomic E-state index is 5.77. The van der Waals surface area contributed by atoms with Gasteiger partial charge in [-0.05, 0) is 45.0 Å². The Labute approximate surface area is 128 Å². The van der Waals surface area contributed by atoms with Crippen LogP contribution in [0.5, 0.6) is 11.5 Å². The molecule has 4 heteroatoms. The molecule has 0 aliphatic carbocycles. The van der Waals surface area contributed by atoms with Crippen LogP contribution in [0.2, 0.25) is 0 Å². The quantitative estimate of drug-likeness (QED) is 0.770. The van der Waals surface area contributed by atoms with Gasteiger partial charge in [0.25, 0.3) is 0 Å². The lowest BCUT2D eigenvalue weighted by atomic mass is 10.1. The molecular weight excluding hydrogens is 264 g/mol. The van der Waals surface area contributed by atoms with Gasteiger partial charge in [-0.3, -0.25) is 0 Å². The van der Waals surface area contributed by atoms with E-state index in [0.717, 1.165) is 30.9 Å². The monoisotopic (exact) mass is 292 g/mol. The Hall–Kier alpha value is -1.26. The molecule has 0 bridgehead atoms. The zero-order chi connectivity index (χ0) is 15.1. The molecule has 1 saturated heterocycles. The lowest BCUT2D eigenvalue weighted by molar-refractivity contribution is 0.153. The van der Waals surface area contributed by atoms with Gasteiger partial charge < -0.3 is 19.3 Å². The number of benzene rings is 1. The second-order valence-electron chi connectivity index (χ2n) is 5.63. The van der Waals surface area contributed by atoms with Crippen molar-refractivity contribution in [2.45, 2.75) is 19.8 Å².